The highest BCUT2D eigenvalue weighted by molar-refractivity contribution is 5.42. The van der Waals surface area contributed by atoms with Gasteiger partial charge in [0.2, 0.25) is 0 Å². The summed E-state index contributed by atoms with van der Waals surface area (Å²) in [5.74, 6) is 0.927. The van der Waals surface area contributed by atoms with Crippen molar-refractivity contribution < 1.29 is 0 Å². The Hall–Kier alpha value is -2.21. The molecule has 0 aliphatic heterocycles. The standard InChI is InChI=1S/C14H18N6/c1-10-12(20-7-5-4-6-13(20)17-10)8-15-11(2)14-18-16-9-19(14)3/h4-7,9,11,15H,8H2,1-3H3. The van der Waals surface area contributed by atoms with Crippen LogP contribution in [0.15, 0.2) is 30.7 Å². The van der Waals surface area contributed by atoms with Gasteiger partial charge in [-0.1, -0.05) is 6.07 Å². The zero-order valence-corrected chi connectivity index (χ0v) is 11.9. The summed E-state index contributed by atoms with van der Waals surface area (Å²) < 4.78 is 4.05. The highest BCUT2D eigenvalue weighted by atomic mass is 15.3. The summed E-state index contributed by atoms with van der Waals surface area (Å²) >= 11 is 0. The summed E-state index contributed by atoms with van der Waals surface area (Å²) in [4.78, 5) is 4.56. The Morgan fingerprint density at radius 2 is 2.20 bits per heavy atom. The predicted molar refractivity (Wildman–Crippen MR) is 76.2 cm³/mol. The van der Waals surface area contributed by atoms with E-state index in [1.165, 1.54) is 5.69 Å². The number of hydrogen-bond donors (Lipinski definition) is 1. The van der Waals surface area contributed by atoms with Crippen LogP contribution < -0.4 is 5.32 Å². The second-order valence-corrected chi connectivity index (χ2v) is 4.98. The van der Waals surface area contributed by atoms with Gasteiger partial charge in [0.25, 0.3) is 0 Å². The number of rotatable bonds is 4. The monoisotopic (exact) mass is 270 g/mol. The molecule has 3 aromatic heterocycles. The molecule has 0 aliphatic carbocycles. The van der Waals surface area contributed by atoms with Crippen LogP contribution in [0, 0.1) is 6.92 Å². The molecular weight excluding hydrogens is 252 g/mol. The minimum absolute atomic E-state index is 0.135. The Morgan fingerprint density at radius 1 is 1.35 bits per heavy atom. The van der Waals surface area contributed by atoms with Crippen LogP contribution >= 0.6 is 0 Å². The van der Waals surface area contributed by atoms with Gasteiger partial charge in [-0.3, -0.25) is 0 Å². The van der Waals surface area contributed by atoms with Gasteiger partial charge in [0, 0.05) is 19.8 Å². The Bertz CT molecular complexity index is 726. The van der Waals surface area contributed by atoms with Gasteiger partial charge in [-0.25, -0.2) is 4.98 Å². The first-order chi connectivity index (χ1) is 9.66. The summed E-state index contributed by atoms with van der Waals surface area (Å²) in [5, 5.41) is 11.5. The van der Waals surface area contributed by atoms with Crippen molar-refractivity contribution in [2.24, 2.45) is 7.05 Å². The van der Waals surface area contributed by atoms with Crippen LogP contribution in [0.4, 0.5) is 0 Å². The Balaban J connectivity index is 1.80. The van der Waals surface area contributed by atoms with Crippen molar-refractivity contribution in [2.45, 2.75) is 26.4 Å². The lowest BCUT2D eigenvalue weighted by molar-refractivity contribution is 0.521. The van der Waals surface area contributed by atoms with Crippen molar-refractivity contribution in [3.63, 3.8) is 0 Å². The molecule has 1 atom stereocenters. The smallest absolute Gasteiger partial charge is 0.149 e. The molecule has 6 heteroatoms. The maximum Gasteiger partial charge on any atom is 0.149 e. The van der Waals surface area contributed by atoms with Crippen LogP contribution in [0.1, 0.15) is 30.2 Å². The number of aryl methyl sites for hydroxylation is 2. The second kappa shape index (κ2) is 5.05. The zero-order valence-electron chi connectivity index (χ0n) is 11.9. The van der Waals surface area contributed by atoms with Gasteiger partial charge in [0.05, 0.1) is 17.4 Å². The van der Waals surface area contributed by atoms with E-state index in [4.69, 9.17) is 0 Å². The number of hydrogen-bond acceptors (Lipinski definition) is 4. The molecule has 0 radical (unpaired) electrons. The zero-order chi connectivity index (χ0) is 14.1. The molecule has 1 unspecified atom stereocenters. The minimum atomic E-state index is 0.135. The van der Waals surface area contributed by atoms with Gasteiger partial charge in [-0.15, -0.1) is 10.2 Å². The average molecular weight is 270 g/mol. The fourth-order valence-electron chi connectivity index (χ4n) is 2.40. The van der Waals surface area contributed by atoms with E-state index in [1.807, 2.05) is 42.9 Å². The van der Waals surface area contributed by atoms with E-state index < -0.39 is 0 Å². The second-order valence-electron chi connectivity index (χ2n) is 4.98. The van der Waals surface area contributed by atoms with Crippen molar-refractivity contribution in [3.8, 4) is 0 Å². The van der Waals surface area contributed by atoms with E-state index in [1.54, 1.807) is 6.33 Å². The molecule has 0 bridgehead atoms. The molecule has 0 saturated carbocycles. The first-order valence-corrected chi connectivity index (χ1v) is 6.66. The van der Waals surface area contributed by atoms with Gasteiger partial charge < -0.3 is 14.3 Å². The van der Waals surface area contributed by atoms with Crippen molar-refractivity contribution in [1.29, 1.82) is 0 Å². The lowest BCUT2D eigenvalue weighted by Crippen LogP contribution is -2.22. The van der Waals surface area contributed by atoms with E-state index in [0.29, 0.717) is 0 Å². The van der Waals surface area contributed by atoms with E-state index in [-0.39, 0.29) is 6.04 Å². The summed E-state index contributed by atoms with van der Waals surface area (Å²) in [7, 11) is 1.95. The molecule has 1 N–H and O–H groups in total. The fraction of sp³-hybridized carbons (Fsp3) is 0.357. The number of pyridine rings is 1. The molecular formula is C14H18N6. The van der Waals surface area contributed by atoms with Gasteiger partial charge in [-0.2, -0.15) is 0 Å². The van der Waals surface area contributed by atoms with Crippen LogP contribution in [0.2, 0.25) is 0 Å². The maximum absolute atomic E-state index is 4.56. The Labute approximate surface area is 117 Å². The third kappa shape index (κ3) is 2.18. The van der Waals surface area contributed by atoms with Crippen LogP contribution in [0.5, 0.6) is 0 Å². The van der Waals surface area contributed by atoms with Crippen LogP contribution in [0.25, 0.3) is 5.65 Å². The predicted octanol–water partition coefficient (Wildman–Crippen LogP) is 1.62. The van der Waals surface area contributed by atoms with Crippen LogP contribution in [-0.2, 0) is 13.6 Å². The van der Waals surface area contributed by atoms with Gasteiger partial charge in [0.15, 0.2) is 0 Å². The lowest BCUT2D eigenvalue weighted by atomic mass is 10.2. The van der Waals surface area contributed by atoms with Crippen molar-refractivity contribution in [1.82, 2.24) is 29.5 Å². The van der Waals surface area contributed by atoms with Gasteiger partial charge in [0.1, 0.15) is 17.8 Å². The molecule has 0 fully saturated rings. The number of aromatic nitrogens is 5. The lowest BCUT2D eigenvalue weighted by Gasteiger charge is -2.13. The SMILES string of the molecule is Cc1nc2ccccn2c1CNC(C)c1nncn1C. The van der Waals surface area contributed by atoms with E-state index in [9.17, 15) is 0 Å². The number of fused-ring (bicyclic) bond motifs is 1. The minimum Gasteiger partial charge on any atom is -0.319 e. The van der Waals surface area contributed by atoms with E-state index in [2.05, 4.69) is 31.8 Å². The number of imidazole rings is 1. The topological polar surface area (TPSA) is 60.0 Å². The van der Waals surface area contributed by atoms with Crippen molar-refractivity contribution >= 4 is 5.65 Å². The number of nitrogens with zero attached hydrogens (tertiary/aromatic N) is 5. The van der Waals surface area contributed by atoms with Crippen LogP contribution in [-0.4, -0.2) is 24.1 Å². The molecule has 6 nitrogen and oxygen atoms in total. The molecule has 0 amide bonds. The van der Waals surface area contributed by atoms with Crippen LogP contribution in [0.3, 0.4) is 0 Å². The molecule has 20 heavy (non-hydrogen) atoms. The number of nitrogens with one attached hydrogen (secondary N) is 1. The highest BCUT2D eigenvalue weighted by Crippen LogP contribution is 2.14. The summed E-state index contributed by atoms with van der Waals surface area (Å²) in [6.07, 6.45) is 3.76. The van der Waals surface area contributed by atoms with Crippen molar-refractivity contribution in [3.05, 3.63) is 47.9 Å². The Kier molecular flexibility index (Phi) is 3.23. The Morgan fingerprint density at radius 3 is 2.95 bits per heavy atom. The molecule has 0 spiro atoms. The molecule has 0 aromatic carbocycles. The maximum atomic E-state index is 4.56. The first kappa shape index (κ1) is 12.8. The third-order valence-corrected chi connectivity index (χ3v) is 3.54. The van der Waals surface area contributed by atoms with E-state index >= 15 is 0 Å². The normalized spacial score (nSPS) is 12.9. The molecule has 3 aromatic rings. The molecule has 0 saturated heterocycles. The molecule has 3 rings (SSSR count). The molecule has 3 heterocycles. The quantitative estimate of drug-likeness (QED) is 0.782. The molecule has 104 valence electrons. The van der Waals surface area contributed by atoms with E-state index in [0.717, 1.165) is 23.7 Å². The highest BCUT2D eigenvalue weighted by Gasteiger charge is 2.13. The average Bonchev–Trinajstić information content (AvgIpc) is 2.99. The summed E-state index contributed by atoms with van der Waals surface area (Å²) in [5.41, 5.74) is 3.21. The first-order valence-electron chi connectivity index (χ1n) is 6.66. The summed E-state index contributed by atoms with van der Waals surface area (Å²) in [6.45, 7) is 4.87. The third-order valence-electron chi connectivity index (χ3n) is 3.54. The largest absolute Gasteiger partial charge is 0.319 e. The van der Waals surface area contributed by atoms with Crippen molar-refractivity contribution in [2.75, 3.05) is 0 Å². The summed E-state index contributed by atoms with van der Waals surface area (Å²) in [6, 6.07) is 6.17. The fourth-order valence-corrected chi connectivity index (χ4v) is 2.40. The molecule has 0 aliphatic rings. The van der Waals surface area contributed by atoms with Gasteiger partial charge in [-0.05, 0) is 26.0 Å². The van der Waals surface area contributed by atoms with Gasteiger partial charge >= 0.3 is 0 Å².